The molecule has 0 saturated heterocycles. The van der Waals surface area contributed by atoms with Crippen LogP contribution >= 0.6 is 19.2 Å². The number of rotatable bonds is 6. The van der Waals surface area contributed by atoms with Crippen LogP contribution in [-0.4, -0.2) is 28.9 Å². The standard InChI is InChI=1S/C25H20N5O6PS/c1-25(2,13-26)16-3-5-17(6-4-16)30-22-18(23(31)29(24(30)32)14-36-37(33,34)35)11-27-20-8-7-19(28-21(20)22)15-9-10-38-12-15/h3-12H,14H2,1-2H3,(H2,33,34,35). The Morgan fingerprint density at radius 2 is 1.87 bits per heavy atom. The molecule has 192 valence electrons. The first-order valence-electron chi connectivity index (χ1n) is 11.2. The lowest BCUT2D eigenvalue weighted by Crippen LogP contribution is -2.40. The van der Waals surface area contributed by atoms with Crippen LogP contribution < -0.4 is 11.2 Å². The van der Waals surface area contributed by atoms with E-state index in [1.54, 1.807) is 50.2 Å². The number of hydrogen-bond donors (Lipinski definition) is 2. The Morgan fingerprint density at radius 1 is 1.13 bits per heavy atom. The maximum absolute atomic E-state index is 13.7. The van der Waals surface area contributed by atoms with E-state index in [-0.39, 0.29) is 10.9 Å². The number of aromatic nitrogens is 4. The molecule has 4 aromatic heterocycles. The van der Waals surface area contributed by atoms with Gasteiger partial charge >= 0.3 is 13.5 Å². The van der Waals surface area contributed by atoms with E-state index in [4.69, 9.17) is 14.8 Å². The van der Waals surface area contributed by atoms with E-state index < -0.39 is 31.2 Å². The third-order valence-electron chi connectivity index (χ3n) is 6.11. The minimum Gasteiger partial charge on any atom is -0.303 e. The molecular weight excluding hydrogens is 529 g/mol. The van der Waals surface area contributed by atoms with Crippen LogP contribution in [0.25, 0.3) is 38.9 Å². The van der Waals surface area contributed by atoms with E-state index in [9.17, 15) is 19.4 Å². The molecule has 0 aliphatic carbocycles. The van der Waals surface area contributed by atoms with Crippen LogP contribution in [0.15, 0.2) is 69.0 Å². The lowest BCUT2D eigenvalue weighted by molar-refractivity contribution is 0.148. The van der Waals surface area contributed by atoms with Gasteiger partial charge in [0.05, 0.1) is 39.3 Å². The lowest BCUT2D eigenvalue weighted by atomic mass is 9.86. The Morgan fingerprint density at radius 3 is 2.50 bits per heavy atom. The van der Waals surface area contributed by atoms with E-state index in [0.717, 1.165) is 5.56 Å². The molecule has 0 spiro atoms. The van der Waals surface area contributed by atoms with E-state index in [1.165, 1.54) is 22.1 Å². The summed E-state index contributed by atoms with van der Waals surface area (Å²) in [6, 6.07) is 14.3. The molecule has 0 atom stereocenters. The van der Waals surface area contributed by atoms with Gasteiger partial charge in [-0.2, -0.15) is 16.6 Å². The predicted molar refractivity (Wildman–Crippen MR) is 142 cm³/mol. The molecule has 0 bridgehead atoms. The first-order valence-corrected chi connectivity index (χ1v) is 13.7. The fourth-order valence-electron chi connectivity index (χ4n) is 4.03. The van der Waals surface area contributed by atoms with E-state index >= 15 is 0 Å². The van der Waals surface area contributed by atoms with Crippen molar-refractivity contribution in [2.75, 3.05) is 0 Å². The van der Waals surface area contributed by atoms with Gasteiger partial charge in [0.1, 0.15) is 12.2 Å². The molecule has 0 fully saturated rings. The number of nitrogens with zero attached hydrogens (tertiary/aromatic N) is 5. The predicted octanol–water partition coefficient (Wildman–Crippen LogP) is 3.69. The van der Waals surface area contributed by atoms with Gasteiger partial charge in [0.2, 0.25) is 0 Å². The summed E-state index contributed by atoms with van der Waals surface area (Å²) >= 11 is 1.50. The van der Waals surface area contributed by atoms with E-state index in [1.807, 2.05) is 16.8 Å². The third-order valence-corrected chi connectivity index (χ3v) is 7.24. The summed E-state index contributed by atoms with van der Waals surface area (Å²) in [6.07, 6.45) is 1.29. The number of thiophene rings is 1. The van der Waals surface area contributed by atoms with Gasteiger partial charge in [-0.05, 0) is 55.1 Å². The highest BCUT2D eigenvalue weighted by Crippen LogP contribution is 2.36. The Bertz CT molecular complexity index is 1900. The minimum atomic E-state index is -4.99. The Hall–Kier alpha value is -3.98. The van der Waals surface area contributed by atoms with Crippen molar-refractivity contribution >= 4 is 41.1 Å². The zero-order valence-electron chi connectivity index (χ0n) is 20.1. The van der Waals surface area contributed by atoms with Crippen LogP contribution in [-0.2, 0) is 21.2 Å². The highest BCUT2D eigenvalue weighted by atomic mass is 32.1. The van der Waals surface area contributed by atoms with Crippen molar-refractivity contribution in [3.05, 3.63) is 85.8 Å². The molecule has 5 rings (SSSR count). The normalized spacial score (nSPS) is 12.2. The Labute approximate surface area is 219 Å². The van der Waals surface area contributed by atoms with Crippen molar-refractivity contribution < 1.29 is 18.9 Å². The van der Waals surface area contributed by atoms with Crippen molar-refractivity contribution in [1.29, 1.82) is 5.26 Å². The quantitative estimate of drug-likeness (QED) is 0.238. The highest BCUT2D eigenvalue weighted by Gasteiger charge is 2.23. The summed E-state index contributed by atoms with van der Waals surface area (Å²) in [4.78, 5) is 54.5. The summed E-state index contributed by atoms with van der Waals surface area (Å²) in [5.41, 5.74) is 0.937. The molecule has 0 radical (unpaired) electrons. The molecule has 1 aromatic carbocycles. The Kier molecular flexibility index (Phi) is 6.35. The summed E-state index contributed by atoms with van der Waals surface area (Å²) < 4.78 is 17.6. The number of nitriles is 1. The summed E-state index contributed by atoms with van der Waals surface area (Å²) in [5, 5.41) is 13.3. The second-order valence-electron chi connectivity index (χ2n) is 8.98. The number of pyridine rings is 2. The number of phosphoric ester groups is 1. The Balaban J connectivity index is 1.86. The molecule has 11 nitrogen and oxygen atoms in total. The number of hydrogen-bond acceptors (Lipinski definition) is 8. The zero-order valence-corrected chi connectivity index (χ0v) is 21.8. The number of benzene rings is 1. The van der Waals surface area contributed by atoms with Crippen LogP contribution in [0.5, 0.6) is 0 Å². The number of phosphoric acid groups is 1. The monoisotopic (exact) mass is 549 g/mol. The van der Waals surface area contributed by atoms with Crippen LogP contribution in [0, 0.1) is 11.3 Å². The summed E-state index contributed by atoms with van der Waals surface area (Å²) in [5.74, 6) is 0. The largest absolute Gasteiger partial charge is 0.471 e. The first kappa shape index (κ1) is 25.7. The summed E-state index contributed by atoms with van der Waals surface area (Å²) in [7, 11) is -4.99. The van der Waals surface area contributed by atoms with Crippen molar-refractivity contribution in [1.82, 2.24) is 19.1 Å². The van der Waals surface area contributed by atoms with Gasteiger partial charge < -0.3 is 9.79 Å². The molecule has 2 N–H and O–H groups in total. The van der Waals surface area contributed by atoms with Crippen molar-refractivity contribution in [2.45, 2.75) is 26.0 Å². The van der Waals surface area contributed by atoms with Crippen LogP contribution in [0.2, 0.25) is 0 Å². The average Bonchev–Trinajstić information content (AvgIpc) is 3.43. The summed E-state index contributed by atoms with van der Waals surface area (Å²) in [6.45, 7) is 2.55. The van der Waals surface area contributed by atoms with Gasteiger partial charge in [-0.25, -0.2) is 18.9 Å². The molecule has 0 saturated carbocycles. The van der Waals surface area contributed by atoms with Crippen molar-refractivity contribution in [3.63, 3.8) is 0 Å². The second-order valence-corrected chi connectivity index (χ2v) is 11.0. The number of fused-ring (bicyclic) bond motifs is 3. The fourth-order valence-corrected chi connectivity index (χ4v) is 4.95. The van der Waals surface area contributed by atoms with E-state index in [2.05, 4.69) is 15.6 Å². The maximum Gasteiger partial charge on any atom is 0.471 e. The van der Waals surface area contributed by atoms with Crippen LogP contribution in [0.3, 0.4) is 0 Å². The molecular formula is C25H20N5O6PS. The smallest absolute Gasteiger partial charge is 0.303 e. The average molecular weight is 550 g/mol. The van der Waals surface area contributed by atoms with Gasteiger partial charge in [-0.15, -0.1) is 0 Å². The van der Waals surface area contributed by atoms with Crippen molar-refractivity contribution in [3.8, 4) is 23.0 Å². The molecule has 13 heteroatoms. The fraction of sp³-hybridized carbons (Fsp3) is 0.160. The van der Waals surface area contributed by atoms with E-state index in [0.29, 0.717) is 32.5 Å². The molecule has 0 unspecified atom stereocenters. The minimum absolute atomic E-state index is 0.00260. The highest BCUT2D eigenvalue weighted by molar-refractivity contribution is 7.46. The SMILES string of the molecule is CC(C)(C#N)c1ccc(-n2c(=O)n(COP(=O)(O)O)c(=O)c3cnc4ccc(-c5ccsc5)nc4c32)cc1. The van der Waals surface area contributed by atoms with Gasteiger partial charge in [0, 0.05) is 17.1 Å². The maximum atomic E-state index is 13.7. The van der Waals surface area contributed by atoms with Gasteiger partial charge in [0.25, 0.3) is 5.56 Å². The molecule has 0 aliphatic heterocycles. The lowest BCUT2D eigenvalue weighted by Gasteiger charge is -2.18. The molecule has 0 aliphatic rings. The molecule has 4 heterocycles. The van der Waals surface area contributed by atoms with Gasteiger partial charge in [-0.3, -0.25) is 18.9 Å². The third kappa shape index (κ3) is 4.58. The van der Waals surface area contributed by atoms with Crippen LogP contribution in [0.1, 0.15) is 19.4 Å². The zero-order chi connectivity index (χ0) is 27.2. The second kappa shape index (κ2) is 9.40. The van der Waals surface area contributed by atoms with Gasteiger partial charge in [0.15, 0.2) is 0 Å². The molecule has 38 heavy (non-hydrogen) atoms. The first-order chi connectivity index (χ1) is 18.0. The van der Waals surface area contributed by atoms with Crippen LogP contribution in [0.4, 0.5) is 0 Å². The molecule has 5 aromatic rings. The topological polar surface area (TPSA) is 160 Å². The molecule has 0 amide bonds. The van der Waals surface area contributed by atoms with Crippen molar-refractivity contribution in [2.24, 2.45) is 0 Å². The van der Waals surface area contributed by atoms with Gasteiger partial charge in [-0.1, -0.05) is 12.1 Å².